The Morgan fingerprint density at radius 2 is 1.82 bits per heavy atom. The highest BCUT2D eigenvalue weighted by atomic mass is 32.2. The smallest absolute Gasteiger partial charge is 0.244 e. The van der Waals surface area contributed by atoms with E-state index in [-0.39, 0.29) is 22.6 Å². The van der Waals surface area contributed by atoms with Crippen LogP contribution in [-0.2, 0) is 14.8 Å². The minimum Gasteiger partial charge on any atom is -0.486 e. The molecule has 2 saturated heterocycles. The highest BCUT2D eigenvalue weighted by molar-refractivity contribution is 7.99. The average molecular weight is 490 g/mol. The van der Waals surface area contributed by atoms with E-state index in [0.29, 0.717) is 31.3 Å². The molecule has 1 aromatic heterocycles. The van der Waals surface area contributed by atoms with Gasteiger partial charge in [-0.25, -0.2) is 13.4 Å². The molecule has 0 aliphatic carbocycles. The number of rotatable bonds is 6. The third-order valence-electron chi connectivity index (χ3n) is 6.28. The molecule has 1 aromatic carbocycles. The normalized spacial score (nSPS) is 20.8. The van der Waals surface area contributed by atoms with Crippen molar-refractivity contribution in [3.05, 3.63) is 42.1 Å². The SMILES string of the molecule is O=C(CSc1ccc(S(=O)(=O)N2CCCC2)cn1)N1CCC[C@@H]1c1ccc2c(c1)OCCO2. The van der Waals surface area contributed by atoms with Crippen molar-refractivity contribution in [2.24, 2.45) is 0 Å². The molecule has 0 unspecified atom stereocenters. The lowest BCUT2D eigenvalue weighted by molar-refractivity contribution is -0.129. The van der Waals surface area contributed by atoms with E-state index in [4.69, 9.17) is 9.47 Å². The molecule has 10 heteroatoms. The number of fused-ring (bicyclic) bond motifs is 1. The molecule has 3 aliphatic heterocycles. The summed E-state index contributed by atoms with van der Waals surface area (Å²) in [6, 6.07) is 9.21. The maximum absolute atomic E-state index is 13.0. The van der Waals surface area contributed by atoms with E-state index in [1.807, 2.05) is 23.1 Å². The summed E-state index contributed by atoms with van der Waals surface area (Å²) in [6.07, 6.45) is 5.06. The molecule has 0 saturated carbocycles. The number of ether oxygens (including phenoxy) is 2. The van der Waals surface area contributed by atoms with E-state index in [9.17, 15) is 13.2 Å². The molecule has 5 rings (SSSR count). The maximum Gasteiger partial charge on any atom is 0.244 e. The first-order chi connectivity index (χ1) is 16.0. The number of hydrogen-bond acceptors (Lipinski definition) is 7. The van der Waals surface area contributed by atoms with Crippen LogP contribution >= 0.6 is 11.8 Å². The monoisotopic (exact) mass is 489 g/mol. The third-order valence-corrected chi connectivity index (χ3v) is 9.09. The van der Waals surface area contributed by atoms with Crippen molar-refractivity contribution in [1.29, 1.82) is 0 Å². The number of sulfonamides is 1. The van der Waals surface area contributed by atoms with E-state index in [2.05, 4.69) is 4.98 Å². The Kier molecular flexibility index (Phi) is 6.49. The van der Waals surface area contributed by atoms with Crippen LogP contribution in [0.5, 0.6) is 11.5 Å². The highest BCUT2D eigenvalue weighted by Gasteiger charge is 2.31. The van der Waals surface area contributed by atoms with Gasteiger partial charge in [-0.05, 0) is 55.5 Å². The first kappa shape index (κ1) is 22.5. The lowest BCUT2D eigenvalue weighted by Gasteiger charge is -2.26. The van der Waals surface area contributed by atoms with Gasteiger partial charge in [0.1, 0.15) is 18.1 Å². The number of nitrogens with zero attached hydrogens (tertiary/aromatic N) is 3. The van der Waals surface area contributed by atoms with Gasteiger partial charge in [0.05, 0.1) is 16.8 Å². The number of aromatic nitrogens is 1. The molecule has 1 amide bonds. The van der Waals surface area contributed by atoms with Crippen LogP contribution in [0.2, 0.25) is 0 Å². The van der Waals surface area contributed by atoms with Gasteiger partial charge >= 0.3 is 0 Å². The van der Waals surface area contributed by atoms with Crippen LogP contribution in [-0.4, -0.2) is 67.1 Å². The zero-order valence-electron chi connectivity index (χ0n) is 18.3. The molecule has 33 heavy (non-hydrogen) atoms. The van der Waals surface area contributed by atoms with Crippen molar-refractivity contribution in [3.63, 3.8) is 0 Å². The Morgan fingerprint density at radius 1 is 1.03 bits per heavy atom. The quantitative estimate of drug-likeness (QED) is 0.576. The fraction of sp³-hybridized carbons (Fsp3) is 0.478. The van der Waals surface area contributed by atoms with E-state index in [0.717, 1.165) is 49.3 Å². The van der Waals surface area contributed by atoms with Gasteiger partial charge < -0.3 is 14.4 Å². The van der Waals surface area contributed by atoms with Crippen LogP contribution in [0.4, 0.5) is 0 Å². The molecule has 0 bridgehead atoms. The van der Waals surface area contributed by atoms with E-state index in [1.165, 1.54) is 22.3 Å². The van der Waals surface area contributed by atoms with Crippen molar-refractivity contribution in [2.45, 2.75) is 41.6 Å². The Balaban J connectivity index is 1.21. The number of amides is 1. The highest BCUT2D eigenvalue weighted by Crippen LogP contribution is 2.38. The molecular formula is C23H27N3O5S2. The Morgan fingerprint density at radius 3 is 2.58 bits per heavy atom. The number of thioether (sulfide) groups is 1. The molecule has 0 spiro atoms. The molecule has 2 fully saturated rings. The molecule has 0 radical (unpaired) electrons. The van der Waals surface area contributed by atoms with Crippen molar-refractivity contribution in [1.82, 2.24) is 14.2 Å². The van der Waals surface area contributed by atoms with Gasteiger partial charge in [-0.1, -0.05) is 17.8 Å². The Hall–Kier alpha value is -2.30. The summed E-state index contributed by atoms with van der Waals surface area (Å²) in [5.41, 5.74) is 1.06. The number of benzene rings is 1. The Labute approximate surface area is 198 Å². The topological polar surface area (TPSA) is 89.0 Å². The van der Waals surface area contributed by atoms with Crippen molar-refractivity contribution in [3.8, 4) is 11.5 Å². The summed E-state index contributed by atoms with van der Waals surface area (Å²) in [5, 5.41) is 0.638. The first-order valence-corrected chi connectivity index (χ1v) is 13.7. The summed E-state index contributed by atoms with van der Waals surface area (Å²) in [6.45, 7) is 2.93. The molecule has 2 aromatic rings. The number of carbonyl (C=O) groups is 1. The Bertz CT molecular complexity index is 1120. The largest absolute Gasteiger partial charge is 0.486 e. The van der Waals surface area contributed by atoms with E-state index < -0.39 is 10.0 Å². The van der Waals surface area contributed by atoms with Gasteiger partial charge in [-0.15, -0.1) is 0 Å². The molecular weight excluding hydrogens is 462 g/mol. The predicted octanol–water partition coefficient (Wildman–Crippen LogP) is 3.09. The fourth-order valence-corrected chi connectivity index (χ4v) is 6.77. The summed E-state index contributed by atoms with van der Waals surface area (Å²) in [7, 11) is -3.48. The van der Waals surface area contributed by atoms with Crippen LogP contribution in [0.15, 0.2) is 46.5 Å². The van der Waals surface area contributed by atoms with Crippen LogP contribution < -0.4 is 9.47 Å². The minimum absolute atomic E-state index is 0.0230. The molecule has 4 heterocycles. The summed E-state index contributed by atoms with van der Waals surface area (Å²) in [4.78, 5) is 19.4. The second-order valence-electron chi connectivity index (χ2n) is 8.38. The average Bonchev–Trinajstić information content (AvgIpc) is 3.55. The zero-order valence-corrected chi connectivity index (χ0v) is 19.9. The first-order valence-electron chi connectivity index (χ1n) is 11.3. The van der Waals surface area contributed by atoms with Gasteiger partial charge in [0.15, 0.2) is 11.5 Å². The van der Waals surface area contributed by atoms with Crippen LogP contribution in [0.3, 0.4) is 0 Å². The van der Waals surface area contributed by atoms with Gasteiger partial charge in [0.25, 0.3) is 0 Å². The standard InChI is InChI=1S/C23H27N3O5S2/c27-23(16-32-22-8-6-18(15-24-22)33(28,29)25-9-1-2-10-25)26-11-3-4-19(26)17-5-7-20-21(14-17)31-13-12-30-20/h5-8,14-15,19H,1-4,9-13,16H2/t19-/m1/s1. The number of carbonyl (C=O) groups excluding carboxylic acids is 1. The van der Waals surface area contributed by atoms with Gasteiger partial charge in [-0.3, -0.25) is 4.79 Å². The second kappa shape index (κ2) is 9.52. The van der Waals surface area contributed by atoms with Gasteiger partial charge in [-0.2, -0.15) is 4.31 Å². The van der Waals surface area contributed by atoms with Crippen LogP contribution in [0.1, 0.15) is 37.3 Å². The van der Waals surface area contributed by atoms with Crippen LogP contribution in [0.25, 0.3) is 0 Å². The van der Waals surface area contributed by atoms with Gasteiger partial charge in [0, 0.05) is 25.8 Å². The van der Waals surface area contributed by atoms with E-state index >= 15 is 0 Å². The van der Waals surface area contributed by atoms with Crippen molar-refractivity contribution in [2.75, 3.05) is 38.6 Å². The van der Waals surface area contributed by atoms with E-state index in [1.54, 1.807) is 12.1 Å². The second-order valence-corrected chi connectivity index (χ2v) is 11.3. The molecule has 8 nitrogen and oxygen atoms in total. The lowest BCUT2D eigenvalue weighted by atomic mass is 10.0. The molecule has 0 N–H and O–H groups in total. The predicted molar refractivity (Wildman–Crippen MR) is 124 cm³/mol. The number of hydrogen-bond donors (Lipinski definition) is 0. The third kappa shape index (κ3) is 4.69. The van der Waals surface area contributed by atoms with Crippen molar-refractivity contribution < 1.29 is 22.7 Å². The number of pyridine rings is 1. The van der Waals surface area contributed by atoms with Gasteiger partial charge in [0.2, 0.25) is 15.9 Å². The molecule has 176 valence electrons. The molecule has 1 atom stereocenters. The van der Waals surface area contributed by atoms with Crippen molar-refractivity contribution >= 4 is 27.7 Å². The summed E-state index contributed by atoms with van der Waals surface area (Å²) in [5.74, 6) is 1.79. The minimum atomic E-state index is -3.48. The van der Waals surface area contributed by atoms with Crippen LogP contribution in [0, 0.1) is 0 Å². The fourth-order valence-electron chi connectivity index (χ4n) is 4.58. The molecule has 3 aliphatic rings. The summed E-state index contributed by atoms with van der Waals surface area (Å²) < 4.78 is 38.1. The lowest BCUT2D eigenvalue weighted by Crippen LogP contribution is -2.32. The summed E-state index contributed by atoms with van der Waals surface area (Å²) >= 11 is 1.33. The number of likely N-dealkylation sites (tertiary alicyclic amines) is 1. The zero-order chi connectivity index (χ0) is 22.8. The maximum atomic E-state index is 13.0.